The van der Waals surface area contributed by atoms with E-state index in [9.17, 15) is 4.79 Å². The molecule has 22 heavy (non-hydrogen) atoms. The number of fused-ring (bicyclic) bond motifs is 1. The molecule has 3 nitrogen and oxygen atoms in total. The second-order valence-electron chi connectivity index (χ2n) is 5.48. The van der Waals surface area contributed by atoms with E-state index in [1.807, 2.05) is 0 Å². The predicted molar refractivity (Wildman–Crippen MR) is 90.8 cm³/mol. The monoisotopic (exact) mass is 314 g/mol. The summed E-state index contributed by atoms with van der Waals surface area (Å²) in [5.74, 6) is -0.0431. The van der Waals surface area contributed by atoms with Gasteiger partial charge in [0.2, 0.25) is 0 Å². The molecule has 1 amide bonds. The molecule has 4 heteroatoms. The lowest BCUT2D eigenvalue weighted by Gasteiger charge is -2.19. The number of para-hydroxylation sites is 1. The number of hydrogen-bond donors (Lipinski definition) is 1. The van der Waals surface area contributed by atoms with Crippen molar-refractivity contribution in [1.82, 2.24) is 5.32 Å². The number of hydrogen-bond acceptors (Lipinski definition) is 2. The third-order valence-corrected chi connectivity index (χ3v) is 4.23. The van der Waals surface area contributed by atoms with Crippen LogP contribution in [-0.2, 0) is 6.42 Å². The van der Waals surface area contributed by atoms with Gasteiger partial charge in [-0.25, -0.2) is 0 Å². The molecule has 0 unspecified atom stereocenters. The molecule has 1 heterocycles. The average molecular weight is 315 g/mol. The van der Waals surface area contributed by atoms with Crippen molar-refractivity contribution >= 4 is 23.2 Å². The number of benzene rings is 2. The summed E-state index contributed by atoms with van der Waals surface area (Å²) in [5.41, 5.74) is 3.41. The van der Waals surface area contributed by atoms with Crippen molar-refractivity contribution in [2.75, 3.05) is 24.5 Å². The quantitative estimate of drug-likeness (QED) is 0.856. The van der Waals surface area contributed by atoms with Crippen LogP contribution >= 0.6 is 11.6 Å². The molecule has 0 aliphatic carbocycles. The van der Waals surface area contributed by atoms with Gasteiger partial charge >= 0.3 is 0 Å². The van der Waals surface area contributed by atoms with Crippen LogP contribution in [0.15, 0.2) is 48.5 Å². The van der Waals surface area contributed by atoms with Crippen LogP contribution < -0.4 is 10.2 Å². The molecule has 0 atom stereocenters. The average Bonchev–Trinajstić information content (AvgIpc) is 2.95. The van der Waals surface area contributed by atoms with Crippen molar-refractivity contribution in [3.05, 3.63) is 64.7 Å². The Morgan fingerprint density at radius 2 is 1.91 bits per heavy atom. The molecular formula is C18H19ClN2O. The molecule has 0 spiro atoms. The highest BCUT2D eigenvalue weighted by atomic mass is 35.5. The number of anilines is 1. The summed E-state index contributed by atoms with van der Waals surface area (Å²) < 4.78 is 0. The van der Waals surface area contributed by atoms with Gasteiger partial charge in [0.05, 0.1) is 0 Å². The van der Waals surface area contributed by atoms with Crippen molar-refractivity contribution in [2.24, 2.45) is 0 Å². The number of amides is 1. The normalized spacial score (nSPS) is 13.0. The molecule has 0 aromatic heterocycles. The van der Waals surface area contributed by atoms with Gasteiger partial charge in [0.15, 0.2) is 0 Å². The standard InChI is InChI=1S/C18H19ClN2O/c19-16-8-6-15(7-9-16)18(22)20-11-3-12-21-13-10-14-4-1-2-5-17(14)21/h1-2,4-9H,3,10-13H2,(H,20,22). The summed E-state index contributed by atoms with van der Waals surface area (Å²) in [5, 5.41) is 3.60. The molecule has 0 saturated carbocycles. The number of rotatable bonds is 5. The van der Waals surface area contributed by atoms with Crippen molar-refractivity contribution in [3.63, 3.8) is 0 Å². The fraction of sp³-hybridized carbons (Fsp3) is 0.278. The maximum atomic E-state index is 12.0. The number of nitrogens with zero attached hydrogens (tertiary/aromatic N) is 1. The molecular weight excluding hydrogens is 296 g/mol. The Morgan fingerprint density at radius 3 is 2.73 bits per heavy atom. The molecule has 2 aromatic rings. The minimum absolute atomic E-state index is 0.0431. The van der Waals surface area contributed by atoms with Crippen LogP contribution in [-0.4, -0.2) is 25.5 Å². The van der Waals surface area contributed by atoms with Crippen LogP contribution in [0.1, 0.15) is 22.3 Å². The predicted octanol–water partition coefficient (Wildman–Crippen LogP) is 3.52. The Kier molecular flexibility index (Phi) is 4.64. The molecule has 0 fully saturated rings. The first-order chi connectivity index (χ1) is 10.7. The maximum absolute atomic E-state index is 12.0. The summed E-state index contributed by atoms with van der Waals surface area (Å²) in [6.07, 6.45) is 2.06. The second kappa shape index (κ2) is 6.84. The second-order valence-corrected chi connectivity index (χ2v) is 5.92. The highest BCUT2D eigenvalue weighted by Crippen LogP contribution is 2.27. The van der Waals surface area contributed by atoms with Crippen LogP contribution in [0.3, 0.4) is 0 Å². The fourth-order valence-corrected chi connectivity index (χ4v) is 2.94. The van der Waals surface area contributed by atoms with Crippen LogP contribution in [0.25, 0.3) is 0 Å². The zero-order valence-corrected chi connectivity index (χ0v) is 13.1. The minimum atomic E-state index is -0.0431. The van der Waals surface area contributed by atoms with E-state index in [0.717, 1.165) is 25.9 Å². The summed E-state index contributed by atoms with van der Waals surface area (Å²) >= 11 is 5.82. The Balaban J connectivity index is 1.45. The van der Waals surface area contributed by atoms with Gasteiger partial charge < -0.3 is 10.2 Å². The summed E-state index contributed by atoms with van der Waals surface area (Å²) in [6.45, 7) is 2.72. The van der Waals surface area contributed by atoms with E-state index in [2.05, 4.69) is 34.5 Å². The van der Waals surface area contributed by atoms with Crippen molar-refractivity contribution in [1.29, 1.82) is 0 Å². The molecule has 0 radical (unpaired) electrons. The van der Waals surface area contributed by atoms with E-state index in [1.54, 1.807) is 24.3 Å². The lowest BCUT2D eigenvalue weighted by molar-refractivity contribution is 0.0953. The number of nitrogens with one attached hydrogen (secondary N) is 1. The Labute approximate surface area is 135 Å². The molecule has 0 bridgehead atoms. The highest BCUT2D eigenvalue weighted by molar-refractivity contribution is 6.30. The van der Waals surface area contributed by atoms with Crippen LogP contribution in [0.4, 0.5) is 5.69 Å². The highest BCUT2D eigenvalue weighted by Gasteiger charge is 2.17. The van der Waals surface area contributed by atoms with Crippen molar-refractivity contribution in [2.45, 2.75) is 12.8 Å². The van der Waals surface area contributed by atoms with Gasteiger partial charge in [-0.05, 0) is 48.7 Å². The Bertz CT molecular complexity index is 654. The third-order valence-electron chi connectivity index (χ3n) is 3.98. The fourth-order valence-electron chi connectivity index (χ4n) is 2.81. The molecule has 2 aromatic carbocycles. The SMILES string of the molecule is O=C(NCCCN1CCc2ccccc21)c1ccc(Cl)cc1. The van der Waals surface area contributed by atoms with Gasteiger partial charge in [-0.3, -0.25) is 4.79 Å². The van der Waals surface area contributed by atoms with E-state index >= 15 is 0 Å². The van der Waals surface area contributed by atoms with Crippen molar-refractivity contribution in [3.8, 4) is 0 Å². The van der Waals surface area contributed by atoms with Crippen LogP contribution in [0.5, 0.6) is 0 Å². The third kappa shape index (κ3) is 3.42. The summed E-state index contributed by atoms with van der Waals surface area (Å²) in [7, 11) is 0. The number of halogens is 1. The van der Waals surface area contributed by atoms with Crippen molar-refractivity contribution < 1.29 is 4.79 Å². The summed E-state index contributed by atoms with van der Waals surface area (Å²) in [4.78, 5) is 14.4. The number of carbonyl (C=O) groups excluding carboxylic acids is 1. The minimum Gasteiger partial charge on any atom is -0.371 e. The van der Waals surface area contributed by atoms with E-state index in [4.69, 9.17) is 11.6 Å². The van der Waals surface area contributed by atoms with Gasteiger partial charge in [-0.2, -0.15) is 0 Å². The van der Waals surface area contributed by atoms with Gasteiger partial charge in [0, 0.05) is 35.9 Å². The molecule has 1 aliphatic heterocycles. The maximum Gasteiger partial charge on any atom is 0.251 e. The van der Waals surface area contributed by atoms with Gasteiger partial charge in [0.25, 0.3) is 5.91 Å². The molecule has 3 rings (SSSR count). The number of carbonyl (C=O) groups is 1. The van der Waals surface area contributed by atoms with E-state index in [0.29, 0.717) is 17.1 Å². The van der Waals surface area contributed by atoms with Crippen LogP contribution in [0, 0.1) is 0 Å². The lowest BCUT2D eigenvalue weighted by Crippen LogP contribution is -2.29. The topological polar surface area (TPSA) is 32.3 Å². The largest absolute Gasteiger partial charge is 0.371 e. The van der Waals surface area contributed by atoms with Gasteiger partial charge in [0.1, 0.15) is 0 Å². The zero-order valence-electron chi connectivity index (χ0n) is 12.4. The van der Waals surface area contributed by atoms with E-state index < -0.39 is 0 Å². The van der Waals surface area contributed by atoms with Gasteiger partial charge in [-0.1, -0.05) is 29.8 Å². The molecule has 1 N–H and O–H groups in total. The molecule has 114 valence electrons. The van der Waals surface area contributed by atoms with E-state index in [1.165, 1.54) is 11.3 Å². The van der Waals surface area contributed by atoms with Crippen LogP contribution in [0.2, 0.25) is 5.02 Å². The van der Waals surface area contributed by atoms with E-state index in [-0.39, 0.29) is 5.91 Å². The smallest absolute Gasteiger partial charge is 0.251 e. The Morgan fingerprint density at radius 1 is 1.14 bits per heavy atom. The lowest BCUT2D eigenvalue weighted by atomic mass is 10.2. The first-order valence-electron chi connectivity index (χ1n) is 7.60. The molecule has 1 aliphatic rings. The summed E-state index contributed by atoms with van der Waals surface area (Å²) in [6, 6.07) is 15.5. The molecule has 0 saturated heterocycles. The zero-order chi connectivity index (χ0) is 15.4. The first-order valence-corrected chi connectivity index (χ1v) is 7.98. The Hall–Kier alpha value is -2.00. The van der Waals surface area contributed by atoms with Gasteiger partial charge in [-0.15, -0.1) is 0 Å². The first kappa shape index (κ1) is 14.9.